The minimum absolute atomic E-state index is 0.494. The fraction of sp³-hybridized carbons (Fsp3) is 0.846. The Morgan fingerprint density at radius 1 is 1.31 bits per heavy atom. The van der Waals surface area contributed by atoms with E-state index < -0.39 is 0 Å². The van der Waals surface area contributed by atoms with Gasteiger partial charge in [0, 0.05) is 0 Å². The van der Waals surface area contributed by atoms with Gasteiger partial charge in [0.15, 0.2) is 0 Å². The minimum Gasteiger partial charge on any atom is -0.0782 e. The Kier molecular flexibility index (Phi) is 2.89. The molecule has 0 N–H and O–H groups in total. The van der Waals surface area contributed by atoms with E-state index in [4.69, 9.17) is 0 Å². The molecule has 0 amide bonds. The maximum absolute atomic E-state index is 2.52. The number of hydrogen-bond donors (Lipinski definition) is 0. The molecule has 0 saturated carbocycles. The molecule has 0 aliphatic heterocycles. The molecule has 0 heterocycles. The molecule has 0 spiro atoms. The van der Waals surface area contributed by atoms with Gasteiger partial charge in [0.1, 0.15) is 0 Å². The van der Waals surface area contributed by atoms with Crippen LogP contribution in [0.2, 0.25) is 0 Å². The van der Waals surface area contributed by atoms with Crippen LogP contribution in [0.15, 0.2) is 11.6 Å². The van der Waals surface area contributed by atoms with Gasteiger partial charge in [-0.1, -0.05) is 53.2 Å². The molecule has 0 aromatic carbocycles. The summed E-state index contributed by atoms with van der Waals surface area (Å²) in [5.74, 6) is 2.36. The van der Waals surface area contributed by atoms with E-state index >= 15 is 0 Å². The third-order valence-corrected chi connectivity index (χ3v) is 3.50. The standard InChI is InChI=1S/C13H24/c1-9(2)7-13(6)8-12(10(3)4)11(13)5/h8-11H,7H2,1-6H3. The van der Waals surface area contributed by atoms with E-state index in [-0.39, 0.29) is 0 Å². The summed E-state index contributed by atoms with van der Waals surface area (Å²) in [7, 11) is 0. The molecular formula is C13H24. The molecule has 1 aliphatic carbocycles. The Morgan fingerprint density at radius 3 is 2.15 bits per heavy atom. The van der Waals surface area contributed by atoms with Crippen LogP contribution in [0, 0.1) is 23.2 Å². The predicted molar refractivity (Wildman–Crippen MR) is 59.6 cm³/mol. The molecule has 1 aliphatic rings. The first-order chi connectivity index (χ1) is 5.87. The Bertz CT molecular complexity index is 210. The molecule has 0 nitrogen and oxygen atoms in total. The molecule has 1 rings (SSSR count). The van der Waals surface area contributed by atoms with Crippen LogP contribution in [0.4, 0.5) is 0 Å². The van der Waals surface area contributed by atoms with E-state index in [2.05, 4.69) is 47.6 Å². The van der Waals surface area contributed by atoms with Crippen molar-refractivity contribution in [3.63, 3.8) is 0 Å². The Hall–Kier alpha value is -0.260. The Morgan fingerprint density at radius 2 is 1.85 bits per heavy atom. The molecule has 76 valence electrons. The maximum atomic E-state index is 2.52. The molecule has 0 aromatic heterocycles. The zero-order valence-electron chi connectivity index (χ0n) is 10.0. The average molecular weight is 180 g/mol. The number of hydrogen-bond acceptors (Lipinski definition) is 0. The van der Waals surface area contributed by atoms with Crippen molar-refractivity contribution in [2.24, 2.45) is 23.2 Å². The molecule has 0 aromatic rings. The normalized spacial score (nSPS) is 33.5. The predicted octanol–water partition coefficient (Wildman–Crippen LogP) is 4.27. The van der Waals surface area contributed by atoms with E-state index in [0.717, 1.165) is 17.8 Å². The van der Waals surface area contributed by atoms with Crippen LogP contribution in [-0.4, -0.2) is 0 Å². The van der Waals surface area contributed by atoms with Crippen molar-refractivity contribution in [3.05, 3.63) is 11.6 Å². The van der Waals surface area contributed by atoms with Crippen molar-refractivity contribution in [2.45, 2.75) is 48.0 Å². The Balaban J connectivity index is 2.67. The van der Waals surface area contributed by atoms with Crippen molar-refractivity contribution in [1.29, 1.82) is 0 Å². The first kappa shape index (κ1) is 10.8. The average Bonchev–Trinajstić information content (AvgIpc) is 1.98. The van der Waals surface area contributed by atoms with Crippen molar-refractivity contribution in [3.8, 4) is 0 Å². The zero-order valence-corrected chi connectivity index (χ0v) is 10.0. The summed E-state index contributed by atoms with van der Waals surface area (Å²) in [5.41, 5.74) is 2.16. The highest BCUT2D eigenvalue weighted by Crippen LogP contribution is 2.50. The van der Waals surface area contributed by atoms with E-state index in [9.17, 15) is 0 Å². The lowest BCUT2D eigenvalue weighted by molar-refractivity contribution is 0.198. The summed E-state index contributed by atoms with van der Waals surface area (Å²) in [6, 6.07) is 0. The van der Waals surface area contributed by atoms with Gasteiger partial charge in [0.25, 0.3) is 0 Å². The van der Waals surface area contributed by atoms with Crippen LogP contribution < -0.4 is 0 Å². The van der Waals surface area contributed by atoms with Gasteiger partial charge in [-0.05, 0) is 29.6 Å². The third kappa shape index (κ3) is 1.98. The summed E-state index contributed by atoms with van der Waals surface area (Å²) in [6.07, 6.45) is 3.85. The quantitative estimate of drug-likeness (QED) is 0.569. The molecule has 2 unspecified atom stereocenters. The monoisotopic (exact) mass is 180 g/mol. The topological polar surface area (TPSA) is 0 Å². The van der Waals surface area contributed by atoms with Crippen LogP contribution in [0.25, 0.3) is 0 Å². The molecule has 0 radical (unpaired) electrons. The summed E-state index contributed by atoms with van der Waals surface area (Å²) in [5, 5.41) is 0. The van der Waals surface area contributed by atoms with E-state index in [0.29, 0.717) is 5.41 Å². The molecule has 0 saturated heterocycles. The molecule has 2 atom stereocenters. The first-order valence-electron chi connectivity index (χ1n) is 5.59. The Labute approximate surface area is 83.4 Å². The van der Waals surface area contributed by atoms with Gasteiger partial charge in [-0.3, -0.25) is 0 Å². The summed E-state index contributed by atoms with van der Waals surface area (Å²) in [4.78, 5) is 0. The highest BCUT2D eigenvalue weighted by atomic mass is 14.4. The fourth-order valence-electron chi connectivity index (χ4n) is 2.70. The van der Waals surface area contributed by atoms with Crippen LogP contribution in [-0.2, 0) is 0 Å². The van der Waals surface area contributed by atoms with Crippen molar-refractivity contribution in [1.82, 2.24) is 0 Å². The van der Waals surface area contributed by atoms with Gasteiger partial charge < -0.3 is 0 Å². The van der Waals surface area contributed by atoms with Gasteiger partial charge in [-0.25, -0.2) is 0 Å². The van der Waals surface area contributed by atoms with E-state index in [1.807, 2.05) is 0 Å². The van der Waals surface area contributed by atoms with Crippen molar-refractivity contribution in [2.75, 3.05) is 0 Å². The van der Waals surface area contributed by atoms with Gasteiger partial charge in [0.05, 0.1) is 0 Å². The summed E-state index contributed by atoms with van der Waals surface area (Å²) < 4.78 is 0. The van der Waals surface area contributed by atoms with Gasteiger partial charge in [-0.15, -0.1) is 0 Å². The van der Waals surface area contributed by atoms with E-state index in [1.165, 1.54) is 6.42 Å². The minimum atomic E-state index is 0.494. The van der Waals surface area contributed by atoms with Crippen LogP contribution in [0.3, 0.4) is 0 Å². The lowest BCUT2D eigenvalue weighted by Crippen LogP contribution is -2.36. The van der Waals surface area contributed by atoms with Gasteiger partial charge in [-0.2, -0.15) is 0 Å². The fourth-order valence-corrected chi connectivity index (χ4v) is 2.70. The molecule has 0 bridgehead atoms. The van der Waals surface area contributed by atoms with Crippen LogP contribution in [0.1, 0.15) is 48.0 Å². The van der Waals surface area contributed by atoms with Crippen molar-refractivity contribution < 1.29 is 0 Å². The highest BCUT2D eigenvalue weighted by Gasteiger charge is 2.40. The summed E-state index contributed by atoms with van der Waals surface area (Å²) in [6.45, 7) is 14.0. The lowest BCUT2D eigenvalue weighted by Gasteiger charge is -2.46. The molecule has 0 heteroatoms. The number of rotatable bonds is 3. The third-order valence-electron chi connectivity index (χ3n) is 3.50. The first-order valence-corrected chi connectivity index (χ1v) is 5.59. The highest BCUT2D eigenvalue weighted by molar-refractivity contribution is 5.28. The second kappa shape index (κ2) is 3.48. The molecule has 0 fully saturated rings. The van der Waals surface area contributed by atoms with Gasteiger partial charge in [0.2, 0.25) is 0 Å². The van der Waals surface area contributed by atoms with Gasteiger partial charge >= 0.3 is 0 Å². The second-order valence-electron chi connectivity index (χ2n) is 5.62. The summed E-state index contributed by atoms with van der Waals surface area (Å²) >= 11 is 0. The maximum Gasteiger partial charge on any atom is -0.00784 e. The van der Waals surface area contributed by atoms with Crippen LogP contribution >= 0.6 is 0 Å². The van der Waals surface area contributed by atoms with Crippen LogP contribution in [0.5, 0.6) is 0 Å². The second-order valence-corrected chi connectivity index (χ2v) is 5.62. The largest absolute Gasteiger partial charge is 0.0782 e. The molecular weight excluding hydrogens is 156 g/mol. The van der Waals surface area contributed by atoms with E-state index in [1.54, 1.807) is 5.57 Å². The van der Waals surface area contributed by atoms with Crippen molar-refractivity contribution >= 4 is 0 Å². The lowest BCUT2D eigenvalue weighted by atomic mass is 9.58. The molecule has 13 heavy (non-hydrogen) atoms. The SMILES string of the molecule is CC(C)CC1(C)C=C(C(C)C)C1C. The number of allylic oxidation sites excluding steroid dienone is 2. The zero-order chi connectivity index (χ0) is 10.2. The smallest absolute Gasteiger partial charge is 0.00784 e.